The Hall–Kier alpha value is -1.12. The van der Waals surface area contributed by atoms with E-state index < -0.39 is 0 Å². The maximum atomic E-state index is 2.31. The van der Waals surface area contributed by atoms with Crippen LogP contribution < -0.4 is 4.46 Å². The molecular weight excluding hydrogens is 419 g/mol. The van der Waals surface area contributed by atoms with E-state index in [0.717, 1.165) is 0 Å². The van der Waals surface area contributed by atoms with E-state index in [1.165, 1.54) is 47.8 Å². The molecule has 3 rings (SSSR count). The quantitative estimate of drug-likeness (QED) is 0.276. The normalized spacial score (nSPS) is 10.8. The Morgan fingerprint density at radius 2 is 1.35 bits per heavy atom. The van der Waals surface area contributed by atoms with E-state index in [9.17, 15) is 0 Å². The van der Waals surface area contributed by atoms with E-state index in [1.807, 2.05) is 23.5 Å². The molecule has 0 saturated carbocycles. The summed E-state index contributed by atoms with van der Waals surface area (Å²) in [7, 11) is 0. The zero-order chi connectivity index (χ0) is 18.2. The number of aryl methyl sites for hydroxylation is 1. The first-order chi connectivity index (χ1) is 12.8. The monoisotopic (exact) mass is 444 g/mol. The molecule has 3 aromatic rings. The average Bonchev–Trinajstić information content (AvgIpc) is 2.67. The Balaban J connectivity index is 1.79. The van der Waals surface area contributed by atoms with Gasteiger partial charge in [0.2, 0.25) is 0 Å². The summed E-state index contributed by atoms with van der Waals surface area (Å²) in [5.41, 5.74) is 1.31. The van der Waals surface area contributed by atoms with Crippen molar-refractivity contribution in [3.8, 4) is 0 Å². The minimum absolute atomic E-state index is 0.568. The van der Waals surface area contributed by atoms with Gasteiger partial charge in [-0.15, -0.1) is 0 Å². The van der Waals surface area contributed by atoms with Gasteiger partial charge in [0, 0.05) is 0 Å². The van der Waals surface area contributed by atoms with Crippen molar-refractivity contribution >= 4 is 42.9 Å². The summed E-state index contributed by atoms with van der Waals surface area (Å²) < 4.78 is 1.54. The fourth-order valence-electron chi connectivity index (χ4n) is 2.45. The van der Waals surface area contributed by atoms with Crippen LogP contribution in [-0.2, 0) is 0 Å². The standard InChI is InChI=1S/C23H24S2Se/c1-3-4-17-26-23-12-8-7-11-22(23)25-21-10-6-5-9-20(21)24-19-15-13-18(2)14-16-19/h5-16H,3-4,17H2,1-2H3. The van der Waals surface area contributed by atoms with E-state index in [2.05, 4.69) is 86.6 Å². The van der Waals surface area contributed by atoms with Crippen LogP contribution in [0.15, 0.2) is 92.4 Å². The molecule has 0 spiro atoms. The van der Waals surface area contributed by atoms with Crippen molar-refractivity contribution in [1.82, 2.24) is 0 Å². The van der Waals surface area contributed by atoms with E-state index in [0.29, 0.717) is 15.0 Å². The van der Waals surface area contributed by atoms with Crippen LogP contribution in [0.4, 0.5) is 0 Å². The topological polar surface area (TPSA) is 0 Å². The van der Waals surface area contributed by atoms with Crippen molar-refractivity contribution in [1.29, 1.82) is 0 Å². The summed E-state index contributed by atoms with van der Waals surface area (Å²) in [6.07, 6.45) is 2.62. The number of rotatable bonds is 8. The number of unbranched alkanes of at least 4 members (excludes halogenated alkanes) is 1. The van der Waals surface area contributed by atoms with E-state index in [1.54, 1.807) is 0 Å². The number of hydrogen-bond donors (Lipinski definition) is 0. The van der Waals surface area contributed by atoms with Crippen LogP contribution in [0.5, 0.6) is 0 Å². The SMILES string of the molecule is CCCC[Se]c1ccccc1Sc1ccccc1Sc1ccc(C)cc1. The molecule has 3 heteroatoms. The third-order valence-electron chi connectivity index (χ3n) is 3.92. The fraction of sp³-hybridized carbons (Fsp3) is 0.217. The van der Waals surface area contributed by atoms with Gasteiger partial charge in [0.05, 0.1) is 0 Å². The molecule has 0 N–H and O–H groups in total. The molecule has 0 aromatic heterocycles. The molecule has 0 aliphatic heterocycles. The average molecular weight is 444 g/mol. The fourth-order valence-corrected chi connectivity index (χ4v) is 7.16. The van der Waals surface area contributed by atoms with E-state index in [4.69, 9.17) is 0 Å². The zero-order valence-electron chi connectivity index (χ0n) is 15.3. The maximum absolute atomic E-state index is 2.31. The van der Waals surface area contributed by atoms with Gasteiger partial charge >= 0.3 is 173 Å². The first kappa shape index (κ1) is 19.6. The predicted octanol–water partition coefficient (Wildman–Crippen LogP) is 6.85. The summed E-state index contributed by atoms with van der Waals surface area (Å²) in [6, 6.07) is 26.5. The van der Waals surface area contributed by atoms with Crippen LogP contribution >= 0.6 is 23.5 Å². The Labute approximate surface area is 172 Å². The molecule has 0 aliphatic rings. The molecule has 26 heavy (non-hydrogen) atoms. The minimum atomic E-state index is 0.568. The van der Waals surface area contributed by atoms with Crippen LogP contribution in [0.25, 0.3) is 0 Å². The van der Waals surface area contributed by atoms with E-state index in [-0.39, 0.29) is 0 Å². The van der Waals surface area contributed by atoms with Gasteiger partial charge in [0.1, 0.15) is 0 Å². The van der Waals surface area contributed by atoms with Gasteiger partial charge in [-0.05, 0) is 0 Å². The molecule has 0 amide bonds. The second-order valence-corrected chi connectivity index (χ2v) is 10.7. The van der Waals surface area contributed by atoms with Crippen LogP contribution in [0.2, 0.25) is 5.32 Å². The van der Waals surface area contributed by atoms with Gasteiger partial charge in [-0.3, -0.25) is 0 Å². The van der Waals surface area contributed by atoms with Gasteiger partial charge in [-0.2, -0.15) is 0 Å². The molecule has 134 valence electrons. The zero-order valence-corrected chi connectivity index (χ0v) is 18.6. The number of benzene rings is 3. The van der Waals surface area contributed by atoms with E-state index >= 15 is 0 Å². The number of hydrogen-bond acceptors (Lipinski definition) is 2. The van der Waals surface area contributed by atoms with Gasteiger partial charge in [0.25, 0.3) is 0 Å². The molecule has 0 fully saturated rings. The van der Waals surface area contributed by atoms with Crippen molar-refractivity contribution in [3.63, 3.8) is 0 Å². The van der Waals surface area contributed by atoms with Gasteiger partial charge in [-0.25, -0.2) is 0 Å². The van der Waals surface area contributed by atoms with Gasteiger partial charge in [-0.1, -0.05) is 0 Å². The molecule has 0 heterocycles. The third kappa shape index (κ3) is 5.69. The summed E-state index contributed by atoms with van der Waals surface area (Å²) in [6.45, 7) is 4.41. The second-order valence-electron chi connectivity index (χ2n) is 6.11. The molecule has 0 nitrogen and oxygen atoms in total. The Bertz CT molecular complexity index is 828. The van der Waals surface area contributed by atoms with Crippen molar-refractivity contribution < 1.29 is 0 Å². The van der Waals surface area contributed by atoms with Crippen LogP contribution in [0, 0.1) is 6.92 Å². The predicted molar refractivity (Wildman–Crippen MR) is 117 cm³/mol. The molecule has 0 saturated heterocycles. The molecular formula is C23H24S2Se. The Kier molecular flexibility index (Phi) is 7.76. The second kappa shape index (κ2) is 10.3. The van der Waals surface area contributed by atoms with Crippen molar-refractivity contribution in [2.24, 2.45) is 0 Å². The molecule has 0 unspecified atom stereocenters. The Morgan fingerprint density at radius 3 is 2.04 bits per heavy atom. The van der Waals surface area contributed by atoms with Crippen molar-refractivity contribution in [2.75, 3.05) is 0 Å². The summed E-state index contributed by atoms with van der Waals surface area (Å²) in [5, 5.41) is 1.33. The summed E-state index contributed by atoms with van der Waals surface area (Å²) >= 11 is 4.34. The molecule has 0 aliphatic carbocycles. The molecule has 0 bridgehead atoms. The third-order valence-corrected chi connectivity index (χ3v) is 9.01. The first-order valence-electron chi connectivity index (χ1n) is 8.99. The first-order valence-corrected chi connectivity index (χ1v) is 12.7. The van der Waals surface area contributed by atoms with Gasteiger partial charge < -0.3 is 0 Å². The van der Waals surface area contributed by atoms with Crippen LogP contribution in [-0.4, -0.2) is 15.0 Å². The Morgan fingerprint density at radius 1 is 0.731 bits per heavy atom. The molecule has 0 atom stereocenters. The van der Waals surface area contributed by atoms with Gasteiger partial charge in [0.15, 0.2) is 0 Å². The van der Waals surface area contributed by atoms with Crippen LogP contribution in [0.3, 0.4) is 0 Å². The summed E-state index contributed by atoms with van der Waals surface area (Å²) in [4.78, 5) is 5.39. The summed E-state index contributed by atoms with van der Waals surface area (Å²) in [5.74, 6) is 0. The van der Waals surface area contributed by atoms with Crippen molar-refractivity contribution in [2.45, 2.75) is 51.6 Å². The van der Waals surface area contributed by atoms with Crippen LogP contribution in [0.1, 0.15) is 25.3 Å². The van der Waals surface area contributed by atoms with Crippen molar-refractivity contribution in [3.05, 3.63) is 78.4 Å². The molecule has 3 aromatic carbocycles. The molecule has 0 radical (unpaired) electrons.